The lowest BCUT2D eigenvalue weighted by Crippen LogP contribution is -2.32. The van der Waals surface area contributed by atoms with E-state index in [1.54, 1.807) is 0 Å². The second-order valence-corrected chi connectivity index (χ2v) is 3.25. The number of carbonyl (C=O) groups is 1. The number of ether oxygens (including phenoxy) is 1. The standard InChI is InChI=1S/C7H12N2O2/c8-7(10)11-6-4-1-2-5(6)9-3-4/h4-6,9H,1-3H2,(H2,8,10)/t4?,5?,6-/m1/s1. The minimum absolute atomic E-state index is 0.0486. The van der Waals surface area contributed by atoms with Crippen molar-refractivity contribution in [1.29, 1.82) is 0 Å². The average Bonchev–Trinajstić information content (AvgIpc) is 2.48. The molecular weight excluding hydrogens is 144 g/mol. The van der Waals surface area contributed by atoms with Gasteiger partial charge in [0.05, 0.1) is 0 Å². The highest BCUT2D eigenvalue weighted by atomic mass is 16.6. The number of fused-ring (bicyclic) bond motifs is 2. The van der Waals surface area contributed by atoms with Gasteiger partial charge in [-0.15, -0.1) is 0 Å². The first-order chi connectivity index (χ1) is 5.27. The molecule has 11 heavy (non-hydrogen) atoms. The zero-order valence-corrected chi connectivity index (χ0v) is 6.25. The predicted octanol–water partition coefficient (Wildman–Crippen LogP) is -0.168. The van der Waals surface area contributed by atoms with E-state index in [9.17, 15) is 4.79 Å². The van der Waals surface area contributed by atoms with E-state index in [1.807, 2.05) is 0 Å². The van der Waals surface area contributed by atoms with Gasteiger partial charge >= 0.3 is 6.09 Å². The van der Waals surface area contributed by atoms with Gasteiger partial charge in [0.2, 0.25) is 0 Å². The number of piperidine rings is 1. The molecule has 0 aromatic carbocycles. The molecule has 1 heterocycles. The number of primary amides is 1. The summed E-state index contributed by atoms with van der Waals surface area (Å²) in [5.74, 6) is 0.507. The van der Waals surface area contributed by atoms with Crippen LogP contribution in [0.25, 0.3) is 0 Å². The van der Waals surface area contributed by atoms with Crippen molar-refractivity contribution >= 4 is 6.09 Å². The minimum Gasteiger partial charge on any atom is -0.444 e. The van der Waals surface area contributed by atoms with Crippen LogP contribution in [-0.4, -0.2) is 24.8 Å². The van der Waals surface area contributed by atoms with Crippen molar-refractivity contribution in [3.8, 4) is 0 Å². The molecule has 0 aromatic heterocycles. The molecule has 1 saturated carbocycles. The molecule has 0 spiro atoms. The molecule has 4 nitrogen and oxygen atoms in total. The quantitative estimate of drug-likeness (QED) is 0.554. The summed E-state index contributed by atoms with van der Waals surface area (Å²) in [5.41, 5.74) is 4.94. The van der Waals surface area contributed by atoms with Gasteiger partial charge in [-0.2, -0.15) is 0 Å². The predicted molar refractivity (Wildman–Crippen MR) is 39.0 cm³/mol. The van der Waals surface area contributed by atoms with Crippen LogP contribution in [0.5, 0.6) is 0 Å². The van der Waals surface area contributed by atoms with Gasteiger partial charge in [0.1, 0.15) is 6.10 Å². The Kier molecular flexibility index (Phi) is 1.49. The summed E-state index contributed by atoms with van der Waals surface area (Å²) in [5, 5.41) is 3.28. The molecule has 1 aliphatic carbocycles. The maximum Gasteiger partial charge on any atom is 0.404 e. The van der Waals surface area contributed by atoms with E-state index in [0.29, 0.717) is 12.0 Å². The van der Waals surface area contributed by atoms with Crippen LogP contribution >= 0.6 is 0 Å². The van der Waals surface area contributed by atoms with E-state index in [-0.39, 0.29) is 6.10 Å². The van der Waals surface area contributed by atoms with Crippen molar-refractivity contribution in [3.63, 3.8) is 0 Å². The van der Waals surface area contributed by atoms with E-state index in [4.69, 9.17) is 10.5 Å². The summed E-state index contributed by atoms with van der Waals surface area (Å²) >= 11 is 0. The van der Waals surface area contributed by atoms with Crippen LogP contribution in [0, 0.1) is 5.92 Å². The second-order valence-electron chi connectivity index (χ2n) is 3.25. The Labute approximate surface area is 65.1 Å². The molecule has 4 heteroatoms. The molecule has 3 N–H and O–H groups in total. The smallest absolute Gasteiger partial charge is 0.404 e. The first-order valence-corrected chi connectivity index (χ1v) is 3.97. The second kappa shape index (κ2) is 2.37. The van der Waals surface area contributed by atoms with E-state index >= 15 is 0 Å². The Morgan fingerprint density at radius 3 is 2.73 bits per heavy atom. The third kappa shape index (κ3) is 1.07. The number of nitrogens with one attached hydrogen (secondary N) is 1. The first kappa shape index (κ1) is 6.91. The van der Waals surface area contributed by atoms with Gasteiger partial charge in [-0.1, -0.05) is 0 Å². The zero-order valence-electron chi connectivity index (χ0n) is 6.25. The van der Waals surface area contributed by atoms with Crippen molar-refractivity contribution in [2.45, 2.75) is 25.0 Å². The van der Waals surface area contributed by atoms with Gasteiger partial charge in [0.15, 0.2) is 0 Å². The Morgan fingerprint density at radius 1 is 1.55 bits per heavy atom. The Balaban J connectivity index is 1.99. The van der Waals surface area contributed by atoms with E-state index in [1.165, 1.54) is 0 Å². The molecule has 1 aliphatic heterocycles. The van der Waals surface area contributed by atoms with Crippen molar-refractivity contribution < 1.29 is 9.53 Å². The Hall–Kier alpha value is -0.770. The van der Waals surface area contributed by atoms with Crippen LogP contribution in [0.1, 0.15) is 12.8 Å². The lowest BCUT2D eigenvalue weighted by molar-refractivity contribution is 0.0927. The summed E-state index contributed by atoms with van der Waals surface area (Å²) in [7, 11) is 0. The minimum atomic E-state index is -0.643. The SMILES string of the molecule is NC(=O)O[C@@H]1C2CCC1NC2. The number of amides is 1. The van der Waals surface area contributed by atoms with Gasteiger partial charge in [-0.05, 0) is 12.8 Å². The lowest BCUT2D eigenvalue weighted by atomic mass is 10.1. The lowest BCUT2D eigenvalue weighted by Gasteiger charge is -2.13. The van der Waals surface area contributed by atoms with Crippen LogP contribution in [0.2, 0.25) is 0 Å². The number of rotatable bonds is 1. The fraction of sp³-hybridized carbons (Fsp3) is 0.857. The fourth-order valence-corrected chi connectivity index (χ4v) is 2.10. The van der Waals surface area contributed by atoms with Crippen LogP contribution in [0.15, 0.2) is 0 Å². The van der Waals surface area contributed by atoms with Gasteiger partial charge in [-0.25, -0.2) is 4.79 Å². The average molecular weight is 156 g/mol. The molecule has 3 atom stereocenters. The summed E-state index contributed by atoms with van der Waals surface area (Å²) in [4.78, 5) is 10.4. The highest BCUT2D eigenvalue weighted by molar-refractivity contribution is 5.65. The Bertz CT molecular complexity index is 163. The zero-order chi connectivity index (χ0) is 7.84. The van der Waals surface area contributed by atoms with Crippen LogP contribution in [0.3, 0.4) is 0 Å². The van der Waals surface area contributed by atoms with Crippen molar-refractivity contribution in [2.75, 3.05) is 6.54 Å². The van der Waals surface area contributed by atoms with Crippen molar-refractivity contribution in [1.82, 2.24) is 5.32 Å². The number of nitrogens with two attached hydrogens (primary N) is 1. The maximum atomic E-state index is 10.4. The van der Waals surface area contributed by atoms with Gasteiger partial charge in [0, 0.05) is 18.5 Å². The molecule has 2 aliphatic rings. The highest BCUT2D eigenvalue weighted by Crippen LogP contribution is 2.33. The molecule has 62 valence electrons. The summed E-state index contributed by atoms with van der Waals surface area (Å²) < 4.78 is 4.97. The third-order valence-corrected chi connectivity index (χ3v) is 2.60. The summed E-state index contributed by atoms with van der Waals surface area (Å²) in [6, 6.07) is 0.368. The fourth-order valence-electron chi connectivity index (χ4n) is 2.10. The molecule has 1 saturated heterocycles. The van der Waals surface area contributed by atoms with Gasteiger partial charge in [-0.3, -0.25) is 0 Å². The van der Waals surface area contributed by atoms with E-state index < -0.39 is 6.09 Å². The van der Waals surface area contributed by atoms with E-state index in [0.717, 1.165) is 19.4 Å². The third-order valence-electron chi connectivity index (χ3n) is 2.60. The van der Waals surface area contributed by atoms with Gasteiger partial charge in [0.25, 0.3) is 0 Å². The molecule has 2 fully saturated rings. The topological polar surface area (TPSA) is 64.4 Å². The molecule has 0 radical (unpaired) electrons. The summed E-state index contributed by atoms with van der Waals surface area (Å²) in [6.45, 7) is 0.975. The molecule has 2 rings (SSSR count). The largest absolute Gasteiger partial charge is 0.444 e. The maximum absolute atomic E-state index is 10.4. The molecular formula is C7H12N2O2. The molecule has 0 aromatic rings. The molecule has 2 bridgehead atoms. The summed E-state index contributed by atoms with van der Waals surface area (Å²) in [6.07, 6.45) is 1.68. The van der Waals surface area contributed by atoms with Crippen molar-refractivity contribution in [3.05, 3.63) is 0 Å². The van der Waals surface area contributed by atoms with Crippen molar-refractivity contribution in [2.24, 2.45) is 11.7 Å². The molecule has 2 unspecified atom stereocenters. The number of carbonyl (C=O) groups excluding carboxylic acids is 1. The highest BCUT2D eigenvalue weighted by Gasteiger charge is 2.43. The molecule has 1 amide bonds. The number of hydrogen-bond donors (Lipinski definition) is 2. The van der Waals surface area contributed by atoms with Crippen LogP contribution < -0.4 is 11.1 Å². The van der Waals surface area contributed by atoms with E-state index in [2.05, 4.69) is 5.32 Å². The first-order valence-electron chi connectivity index (χ1n) is 3.97. The normalized spacial score (nSPS) is 40.9. The monoisotopic (exact) mass is 156 g/mol. The van der Waals surface area contributed by atoms with Crippen LogP contribution in [-0.2, 0) is 4.74 Å². The number of hydrogen-bond acceptors (Lipinski definition) is 3. The van der Waals surface area contributed by atoms with Crippen LogP contribution in [0.4, 0.5) is 4.79 Å². The Morgan fingerprint density at radius 2 is 2.36 bits per heavy atom. The van der Waals surface area contributed by atoms with Gasteiger partial charge < -0.3 is 15.8 Å².